The van der Waals surface area contributed by atoms with E-state index >= 15 is 0 Å². The first-order valence-corrected chi connectivity index (χ1v) is 9.39. The summed E-state index contributed by atoms with van der Waals surface area (Å²) in [5.74, 6) is -0.646. The van der Waals surface area contributed by atoms with Crippen molar-refractivity contribution in [3.63, 3.8) is 0 Å². The Hall–Kier alpha value is -3.22. The number of hydrogen-bond donors (Lipinski definition) is 0. The molecule has 7 heteroatoms. The van der Waals surface area contributed by atoms with Gasteiger partial charge < -0.3 is 9.15 Å². The van der Waals surface area contributed by atoms with Crippen LogP contribution in [0.15, 0.2) is 44.3 Å². The van der Waals surface area contributed by atoms with Crippen LogP contribution in [0.25, 0.3) is 11.0 Å². The molecule has 3 aromatic rings. The molecule has 0 aliphatic heterocycles. The van der Waals surface area contributed by atoms with E-state index in [4.69, 9.17) is 9.15 Å². The Morgan fingerprint density at radius 1 is 1.18 bits per heavy atom. The fraction of sp³-hybridized carbons (Fsp3) is 0.333. The van der Waals surface area contributed by atoms with E-state index in [0.29, 0.717) is 17.7 Å². The van der Waals surface area contributed by atoms with Crippen LogP contribution in [0, 0.1) is 0 Å². The van der Waals surface area contributed by atoms with Crippen LogP contribution in [0.2, 0.25) is 0 Å². The smallest absolute Gasteiger partial charge is 0.359 e. The van der Waals surface area contributed by atoms with Gasteiger partial charge in [-0.1, -0.05) is 6.92 Å². The quantitative estimate of drug-likeness (QED) is 0.499. The van der Waals surface area contributed by atoms with E-state index in [-0.39, 0.29) is 17.9 Å². The number of rotatable bonds is 5. The molecule has 0 N–H and O–H groups in total. The van der Waals surface area contributed by atoms with E-state index in [0.717, 1.165) is 31.1 Å². The predicted octanol–water partition coefficient (Wildman–Crippen LogP) is 2.61. The highest BCUT2D eigenvalue weighted by Gasteiger charge is 2.17. The molecule has 0 saturated carbocycles. The number of fused-ring (bicyclic) bond motifs is 2. The summed E-state index contributed by atoms with van der Waals surface area (Å²) in [6, 6.07) is 7.93. The Labute approximate surface area is 160 Å². The van der Waals surface area contributed by atoms with Gasteiger partial charge in [0.25, 0.3) is 5.56 Å². The summed E-state index contributed by atoms with van der Waals surface area (Å²) >= 11 is 0. The predicted molar refractivity (Wildman–Crippen MR) is 102 cm³/mol. The zero-order valence-electron chi connectivity index (χ0n) is 15.6. The van der Waals surface area contributed by atoms with Gasteiger partial charge in [0.15, 0.2) is 5.69 Å². The van der Waals surface area contributed by atoms with Crippen molar-refractivity contribution < 1.29 is 13.9 Å². The van der Waals surface area contributed by atoms with Gasteiger partial charge in [0.1, 0.15) is 12.2 Å². The Morgan fingerprint density at radius 3 is 2.75 bits per heavy atom. The molecule has 0 unspecified atom stereocenters. The van der Waals surface area contributed by atoms with Crippen molar-refractivity contribution in [2.24, 2.45) is 0 Å². The van der Waals surface area contributed by atoms with Crippen LogP contribution >= 0.6 is 0 Å². The van der Waals surface area contributed by atoms with Crippen molar-refractivity contribution in [2.75, 3.05) is 0 Å². The molecule has 0 spiro atoms. The number of benzene rings is 1. The molecular weight excluding hydrogens is 360 g/mol. The molecule has 0 bridgehead atoms. The van der Waals surface area contributed by atoms with Gasteiger partial charge in [-0.05, 0) is 55.0 Å². The highest BCUT2D eigenvalue weighted by Crippen LogP contribution is 2.28. The molecule has 1 aromatic carbocycles. The maximum Gasteiger partial charge on any atom is 0.359 e. The van der Waals surface area contributed by atoms with Gasteiger partial charge >= 0.3 is 11.6 Å². The second kappa shape index (κ2) is 7.42. The van der Waals surface area contributed by atoms with E-state index in [1.54, 1.807) is 0 Å². The minimum absolute atomic E-state index is 0.0567. The van der Waals surface area contributed by atoms with Gasteiger partial charge in [0, 0.05) is 29.6 Å². The number of aryl methyl sites for hydroxylation is 3. The van der Waals surface area contributed by atoms with Crippen LogP contribution in [0.1, 0.15) is 46.9 Å². The Kier molecular flexibility index (Phi) is 4.81. The van der Waals surface area contributed by atoms with Gasteiger partial charge in [-0.25, -0.2) is 14.3 Å². The second-order valence-electron chi connectivity index (χ2n) is 6.92. The Bertz CT molecular complexity index is 1180. The maximum absolute atomic E-state index is 12.4. The van der Waals surface area contributed by atoms with Crippen LogP contribution in [0.5, 0.6) is 0 Å². The fourth-order valence-electron chi connectivity index (χ4n) is 3.56. The summed E-state index contributed by atoms with van der Waals surface area (Å²) in [5, 5.41) is 4.83. The molecule has 1 aliphatic rings. The number of carbonyl (C=O) groups is 1. The van der Waals surface area contributed by atoms with E-state index in [1.165, 1.54) is 34.0 Å². The summed E-state index contributed by atoms with van der Waals surface area (Å²) in [6.45, 7) is 2.27. The van der Waals surface area contributed by atoms with E-state index < -0.39 is 11.6 Å². The van der Waals surface area contributed by atoms with Gasteiger partial charge in [0.05, 0.1) is 0 Å². The number of ether oxygens (including phenoxy) is 1. The van der Waals surface area contributed by atoms with Crippen molar-refractivity contribution in [1.82, 2.24) is 9.78 Å². The van der Waals surface area contributed by atoms with Crippen molar-refractivity contribution in [3.8, 4) is 0 Å². The number of hydrogen-bond acceptors (Lipinski definition) is 6. The third-order valence-electron chi connectivity index (χ3n) is 4.91. The summed E-state index contributed by atoms with van der Waals surface area (Å²) in [7, 11) is 0. The molecule has 2 aromatic heterocycles. The van der Waals surface area contributed by atoms with Crippen LogP contribution < -0.4 is 11.2 Å². The Morgan fingerprint density at radius 2 is 1.96 bits per heavy atom. The zero-order chi connectivity index (χ0) is 19.7. The lowest BCUT2D eigenvalue weighted by atomic mass is 10.0. The molecule has 4 rings (SSSR count). The van der Waals surface area contributed by atoms with E-state index in [2.05, 4.69) is 5.10 Å². The molecule has 0 saturated heterocycles. The minimum Gasteiger partial charge on any atom is -0.456 e. The summed E-state index contributed by atoms with van der Waals surface area (Å²) in [5.41, 5.74) is 2.85. The van der Waals surface area contributed by atoms with Crippen LogP contribution in [-0.2, 0) is 30.7 Å². The molecule has 0 radical (unpaired) electrons. The third kappa shape index (κ3) is 3.47. The van der Waals surface area contributed by atoms with Gasteiger partial charge in [-0.3, -0.25) is 4.79 Å². The highest BCUT2D eigenvalue weighted by atomic mass is 16.5. The zero-order valence-corrected chi connectivity index (χ0v) is 15.6. The third-order valence-corrected chi connectivity index (χ3v) is 4.91. The topological polar surface area (TPSA) is 91.4 Å². The number of nitrogens with zero attached hydrogens (tertiary/aromatic N) is 2. The summed E-state index contributed by atoms with van der Waals surface area (Å²) in [6.07, 6.45) is 3.78. The molecule has 0 fully saturated rings. The largest absolute Gasteiger partial charge is 0.456 e. The molecule has 144 valence electrons. The molecule has 7 nitrogen and oxygen atoms in total. The van der Waals surface area contributed by atoms with Gasteiger partial charge in [-0.15, -0.1) is 0 Å². The fourth-order valence-corrected chi connectivity index (χ4v) is 3.56. The molecule has 1 aliphatic carbocycles. The Balaban J connectivity index is 1.60. The van der Waals surface area contributed by atoms with Crippen LogP contribution in [0.4, 0.5) is 0 Å². The summed E-state index contributed by atoms with van der Waals surface area (Å²) in [4.78, 5) is 36.1. The monoisotopic (exact) mass is 380 g/mol. The minimum atomic E-state index is -0.646. The average Bonchev–Trinajstić information content (AvgIpc) is 3.13. The van der Waals surface area contributed by atoms with Gasteiger partial charge in [0.2, 0.25) is 0 Å². The molecule has 0 amide bonds. The average molecular weight is 380 g/mol. The van der Waals surface area contributed by atoms with Crippen molar-refractivity contribution in [1.29, 1.82) is 0 Å². The van der Waals surface area contributed by atoms with Crippen molar-refractivity contribution in [3.05, 3.63) is 73.5 Å². The highest BCUT2D eigenvalue weighted by molar-refractivity contribution is 5.87. The van der Waals surface area contributed by atoms with E-state index in [9.17, 15) is 14.4 Å². The lowest BCUT2D eigenvalue weighted by Gasteiger charge is -2.09. The molecular formula is C21H20N2O5. The number of aromatic nitrogens is 2. The van der Waals surface area contributed by atoms with Crippen LogP contribution in [-0.4, -0.2) is 15.7 Å². The second-order valence-corrected chi connectivity index (χ2v) is 6.92. The molecule has 28 heavy (non-hydrogen) atoms. The first-order chi connectivity index (χ1) is 13.5. The van der Waals surface area contributed by atoms with Crippen molar-refractivity contribution in [2.45, 2.75) is 45.8 Å². The normalized spacial score (nSPS) is 12.9. The van der Waals surface area contributed by atoms with E-state index in [1.807, 2.05) is 19.1 Å². The summed E-state index contributed by atoms with van der Waals surface area (Å²) < 4.78 is 11.9. The van der Waals surface area contributed by atoms with Crippen LogP contribution in [0.3, 0.4) is 0 Å². The van der Waals surface area contributed by atoms with Gasteiger partial charge in [-0.2, -0.15) is 5.10 Å². The lowest BCUT2D eigenvalue weighted by Crippen LogP contribution is -2.24. The lowest BCUT2D eigenvalue weighted by molar-refractivity contribution is 0.0463. The first-order valence-electron chi connectivity index (χ1n) is 9.39. The number of esters is 1. The first kappa shape index (κ1) is 18.2. The molecule has 0 atom stereocenters. The van der Waals surface area contributed by atoms with Crippen molar-refractivity contribution >= 4 is 16.9 Å². The SMILES string of the molecule is CCCn1nc(C(=O)OCc2cc(=O)oc3cc4c(cc23)CCC4)ccc1=O. The maximum atomic E-state index is 12.4. The standard InChI is InChI=1S/C21H20N2O5/c1-2-8-23-19(24)7-6-17(22-23)21(26)27-12-15-11-20(25)28-18-10-14-5-3-4-13(14)9-16(15)18/h6-7,9-11H,2-5,8,12H2,1H3. The number of carbonyl (C=O) groups excluding carboxylic acids is 1. The molecule has 2 heterocycles.